The Kier molecular flexibility index (Phi) is 10.3. The number of amides is 5. The third kappa shape index (κ3) is 7.33. The molecule has 0 radical (unpaired) electrons. The van der Waals surface area contributed by atoms with Crippen molar-refractivity contribution >= 4 is 29.5 Å². The molecule has 0 bridgehead atoms. The molecule has 5 atom stereocenters. The van der Waals surface area contributed by atoms with Crippen molar-refractivity contribution in [2.75, 3.05) is 6.54 Å². The number of hydrogen-bond acceptors (Lipinski definition) is 7. The molecule has 3 fully saturated rings. The molecule has 1 saturated heterocycles. The van der Waals surface area contributed by atoms with Gasteiger partial charge in [-0.15, -0.1) is 0 Å². The average molecular weight is 583 g/mol. The minimum absolute atomic E-state index is 0.0130. The molecular formula is C31H46N6O5. The largest absolute Gasteiger partial charge is 0.342 e. The van der Waals surface area contributed by atoms with Crippen LogP contribution in [0.4, 0.5) is 0 Å². The van der Waals surface area contributed by atoms with Gasteiger partial charge in [0.1, 0.15) is 23.8 Å². The van der Waals surface area contributed by atoms with E-state index in [4.69, 9.17) is 0 Å². The third-order valence-electron chi connectivity index (χ3n) is 9.07. The summed E-state index contributed by atoms with van der Waals surface area (Å²) in [5.74, 6) is -1.94. The van der Waals surface area contributed by atoms with E-state index in [-0.39, 0.29) is 41.7 Å². The molecule has 2 saturated carbocycles. The van der Waals surface area contributed by atoms with E-state index in [0.29, 0.717) is 13.0 Å². The lowest BCUT2D eigenvalue weighted by atomic mass is 9.82. The van der Waals surface area contributed by atoms with E-state index >= 15 is 0 Å². The Labute approximate surface area is 248 Å². The van der Waals surface area contributed by atoms with E-state index in [2.05, 4.69) is 25.9 Å². The minimum Gasteiger partial charge on any atom is -0.342 e. The molecule has 11 heteroatoms. The molecule has 11 nitrogen and oxygen atoms in total. The van der Waals surface area contributed by atoms with E-state index in [9.17, 15) is 24.0 Å². The summed E-state index contributed by atoms with van der Waals surface area (Å²) in [6.45, 7) is 7.91. The third-order valence-corrected chi connectivity index (χ3v) is 9.07. The number of aromatic nitrogens is 2. The predicted molar refractivity (Wildman–Crippen MR) is 156 cm³/mol. The van der Waals surface area contributed by atoms with Gasteiger partial charge in [0.05, 0.1) is 6.20 Å². The molecule has 0 spiro atoms. The Bertz CT molecular complexity index is 1150. The lowest BCUT2D eigenvalue weighted by Gasteiger charge is -2.38. The van der Waals surface area contributed by atoms with Crippen LogP contribution >= 0.6 is 0 Å². The summed E-state index contributed by atoms with van der Waals surface area (Å²) in [4.78, 5) is 76.6. The van der Waals surface area contributed by atoms with Crippen molar-refractivity contribution in [2.45, 2.75) is 110 Å². The molecule has 3 aliphatic rings. The number of likely N-dealkylation sites (tertiary alicyclic amines) is 1. The van der Waals surface area contributed by atoms with Gasteiger partial charge in [0.15, 0.2) is 0 Å². The SMILES string of the molecule is CCCC(=O)NC(=O)[C@@H]1[C@H]2CCC[C@H]2CN1C(=O)[C@@H](NC(=O)[C@@H](NC(=O)c1cnccn1)C1CCCCC1)C(C)(C)C. The van der Waals surface area contributed by atoms with Crippen LogP contribution in [-0.2, 0) is 19.2 Å². The molecular weight excluding hydrogens is 536 g/mol. The number of nitrogens with one attached hydrogen (secondary N) is 3. The second-order valence-corrected chi connectivity index (χ2v) is 13.2. The summed E-state index contributed by atoms with van der Waals surface area (Å²) in [5, 5.41) is 8.40. The zero-order chi connectivity index (χ0) is 30.4. The van der Waals surface area contributed by atoms with Crippen molar-refractivity contribution in [1.82, 2.24) is 30.8 Å². The van der Waals surface area contributed by atoms with Crippen molar-refractivity contribution in [3.05, 3.63) is 24.3 Å². The van der Waals surface area contributed by atoms with Crippen molar-refractivity contribution in [3.8, 4) is 0 Å². The molecule has 0 aromatic carbocycles. The highest BCUT2D eigenvalue weighted by atomic mass is 16.2. The van der Waals surface area contributed by atoms with Crippen molar-refractivity contribution in [3.63, 3.8) is 0 Å². The van der Waals surface area contributed by atoms with Crippen LogP contribution in [0.3, 0.4) is 0 Å². The number of nitrogens with zero attached hydrogens (tertiary/aromatic N) is 3. The van der Waals surface area contributed by atoms with Crippen LogP contribution in [0.2, 0.25) is 0 Å². The lowest BCUT2D eigenvalue weighted by molar-refractivity contribution is -0.146. The first kappa shape index (κ1) is 31.6. The molecule has 1 aromatic rings. The molecule has 230 valence electrons. The standard InChI is InChI=1S/C31H46N6O5/c1-5-10-23(38)34-29(41)25-21-14-9-13-20(21)18-37(25)30(42)26(31(2,3)4)36-28(40)24(19-11-7-6-8-12-19)35-27(39)22-17-32-15-16-33-22/h15-17,19-21,24-26H,5-14,18H2,1-4H3,(H,35,39)(H,36,40)(H,34,38,41)/t20-,21-,24-,25-,26+/m0/s1. The molecule has 1 aliphatic heterocycles. The Hall–Kier alpha value is -3.37. The minimum atomic E-state index is -0.940. The van der Waals surface area contributed by atoms with Crippen LogP contribution in [0.5, 0.6) is 0 Å². The average Bonchev–Trinajstić information content (AvgIpc) is 3.56. The Morgan fingerprint density at radius 2 is 1.71 bits per heavy atom. The Morgan fingerprint density at radius 1 is 0.976 bits per heavy atom. The number of fused-ring (bicyclic) bond motifs is 1. The summed E-state index contributed by atoms with van der Waals surface area (Å²) in [6, 6.07) is -2.54. The van der Waals surface area contributed by atoms with Crippen LogP contribution < -0.4 is 16.0 Å². The summed E-state index contributed by atoms with van der Waals surface area (Å²) < 4.78 is 0. The molecule has 5 amide bonds. The van der Waals surface area contributed by atoms with Gasteiger partial charge in [0, 0.05) is 25.4 Å². The monoisotopic (exact) mass is 582 g/mol. The first-order valence-electron chi connectivity index (χ1n) is 15.5. The van der Waals surface area contributed by atoms with Gasteiger partial charge in [-0.2, -0.15) is 0 Å². The maximum atomic E-state index is 14.3. The number of carbonyl (C=O) groups is 5. The zero-order valence-electron chi connectivity index (χ0n) is 25.4. The van der Waals surface area contributed by atoms with Gasteiger partial charge in [-0.05, 0) is 55.3 Å². The Balaban J connectivity index is 1.56. The summed E-state index contributed by atoms with van der Waals surface area (Å²) >= 11 is 0. The van der Waals surface area contributed by atoms with Crippen LogP contribution in [0.15, 0.2) is 18.6 Å². The molecule has 3 N–H and O–H groups in total. The van der Waals surface area contributed by atoms with Gasteiger partial charge in [0.25, 0.3) is 5.91 Å². The molecule has 42 heavy (non-hydrogen) atoms. The van der Waals surface area contributed by atoms with E-state index in [1.807, 2.05) is 27.7 Å². The quantitative estimate of drug-likeness (QED) is 0.405. The number of imide groups is 1. The highest BCUT2D eigenvalue weighted by molar-refractivity contribution is 6.01. The summed E-state index contributed by atoms with van der Waals surface area (Å²) in [5.41, 5.74) is -0.570. The summed E-state index contributed by atoms with van der Waals surface area (Å²) in [6.07, 6.45) is 12.4. The number of rotatable bonds is 9. The van der Waals surface area contributed by atoms with Gasteiger partial charge in [-0.1, -0.05) is 53.4 Å². The van der Waals surface area contributed by atoms with Crippen LogP contribution in [0.25, 0.3) is 0 Å². The van der Waals surface area contributed by atoms with Gasteiger partial charge in [-0.25, -0.2) is 4.98 Å². The summed E-state index contributed by atoms with van der Waals surface area (Å²) in [7, 11) is 0. The van der Waals surface area contributed by atoms with E-state index in [1.54, 1.807) is 4.90 Å². The molecule has 2 heterocycles. The topological polar surface area (TPSA) is 150 Å². The fourth-order valence-electron chi connectivity index (χ4n) is 6.91. The molecule has 1 aromatic heterocycles. The van der Waals surface area contributed by atoms with Gasteiger partial charge in [-0.3, -0.25) is 34.3 Å². The highest BCUT2D eigenvalue weighted by Gasteiger charge is 2.52. The predicted octanol–water partition coefficient (Wildman–Crippen LogP) is 2.76. The fraction of sp³-hybridized carbons (Fsp3) is 0.710. The molecule has 0 unspecified atom stereocenters. The van der Waals surface area contributed by atoms with Crippen molar-refractivity contribution in [2.24, 2.45) is 23.2 Å². The van der Waals surface area contributed by atoms with Crippen LogP contribution in [-0.4, -0.2) is 69.1 Å². The van der Waals surface area contributed by atoms with Gasteiger partial charge < -0.3 is 15.5 Å². The van der Waals surface area contributed by atoms with Crippen LogP contribution in [0.1, 0.15) is 102 Å². The van der Waals surface area contributed by atoms with Crippen molar-refractivity contribution in [1.29, 1.82) is 0 Å². The maximum absolute atomic E-state index is 14.3. The second kappa shape index (κ2) is 13.7. The maximum Gasteiger partial charge on any atom is 0.272 e. The van der Waals surface area contributed by atoms with E-state index in [0.717, 1.165) is 51.4 Å². The number of carbonyl (C=O) groups excluding carboxylic acids is 5. The van der Waals surface area contributed by atoms with Gasteiger partial charge >= 0.3 is 0 Å². The first-order chi connectivity index (χ1) is 20.0. The fourth-order valence-corrected chi connectivity index (χ4v) is 6.91. The first-order valence-corrected chi connectivity index (χ1v) is 15.5. The Morgan fingerprint density at radius 3 is 2.36 bits per heavy atom. The smallest absolute Gasteiger partial charge is 0.272 e. The van der Waals surface area contributed by atoms with Gasteiger partial charge in [0.2, 0.25) is 23.6 Å². The highest BCUT2D eigenvalue weighted by Crippen LogP contribution is 2.43. The lowest BCUT2D eigenvalue weighted by Crippen LogP contribution is -2.62. The van der Waals surface area contributed by atoms with Crippen LogP contribution in [0, 0.1) is 23.2 Å². The van der Waals surface area contributed by atoms with E-state index < -0.39 is 41.3 Å². The zero-order valence-corrected chi connectivity index (χ0v) is 25.4. The normalized spacial score (nSPS) is 23.9. The van der Waals surface area contributed by atoms with E-state index in [1.165, 1.54) is 18.6 Å². The molecule has 2 aliphatic carbocycles. The number of hydrogen-bond donors (Lipinski definition) is 3. The molecule has 4 rings (SSSR count). The van der Waals surface area contributed by atoms with Crippen molar-refractivity contribution < 1.29 is 24.0 Å². The second-order valence-electron chi connectivity index (χ2n) is 13.2.